The lowest BCUT2D eigenvalue weighted by atomic mass is 10.2. The van der Waals surface area contributed by atoms with Gasteiger partial charge in [-0.15, -0.1) is 12.4 Å². The smallest absolute Gasteiger partial charge is 0.254 e. The average molecular weight is 378 g/mol. The fourth-order valence-electron chi connectivity index (χ4n) is 2.14. The molecule has 9 heteroatoms. The number of unbranched alkanes of at least 4 members (excludes halogenated alkanes) is 1. The van der Waals surface area contributed by atoms with E-state index in [9.17, 15) is 13.2 Å². The first-order valence-corrected chi connectivity index (χ1v) is 9.39. The number of benzene rings is 1. The van der Waals surface area contributed by atoms with Crippen molar-refractivity contribution >= 4 is 39.7 Å². The summed E-state index contributed by atoms with van der Waals surface area (Å²) >= 11 is 0. The number of hydrogen-bond acceptors (Lipinski definition) is 5. The molecular formula is C15H24ClN3O4S. The summed E-state index contributed by atoms with van der Waals surface area (Å²) in [5.74, 6) is -0.109. The standard InChI is InChI=1S/C15H23N3O4S.ClH/c1-2-3-10-23(20,21)18-13-6-4-12(5-7-13)17-15(19)14-11-16-8-9-22-14;/h4-7,14,16,18H,2-3,8-11H2,1H3,(H,17,19);1H. The summed E-state index contributed by atoms with van der Waals surface area (Å²) in [5.41, 5.74) is 1.08. The van der Waals surface area contributed by atoms with E-state index in [0.29, 0.717) is 30.9 Å². The number of sulfonamides is 1. The van der Waals surface area contributed by atoms with Gasteiger partial charge in [0, 0.05) is 24.5 Å². The Morgan fingerprint density at radius 2 is 1.96 bits per heavy atom. The number of ether oxygens (including phenoxy) is 1. The van der Waals surface area contributed by atoms with Crippen molar-refractivity contribution in [1.29, 1.82) is 0 Å². The van der Waals surface area contributed by atoms with Gasteiger partial charge in [-0.1, -0.05) is 13.3 Å². The number of carbonyl (C=O) groups is 1. The van der Waals surface area contributed by atoms with Crippen LogP contribution in [0.15, 0.2) is 24.3 Å². The summed E-state index contributed by atoms with van der Waals surface area (Å²) in [6, 6.07) is 6.57. The first-order valence-electron chi connectivity index (χ1n) is 7.74. The van der Waals surface area contributed by atoms with E-state index >= 15 is 0 Å². The van der Waals surface area contributed by atoms with E-state index in [2.05, 4.69) is 15.4 Å². The molecule has 7 nitrogen and oxygen atoms in total. The molecule has 136 valence electrons. The zero-order valence-electron chi connectivity index (χ0n) is 13.6. The maximum absolute atomic E-state index is 12.0. The molecule has 1 aliphatic heterocycles. The van der Waals surface area contributed by atoms with Gasteiger partial charge in [-0.2, -0.15) is 0 Å². The van der Waals surface area contributed by atoms with E-state index in [1.54, 1.807) is 24.3 Å². The number of carbonyl (C=O) groups excluding carboxylic acids is 1. The number of rotatable bonds is 7. The highest BCUT2D eigenvalue weighted by molar-refractivity contribution is 7.92. The maximum Gasteiger partial charge on any atom is 0.254 e. The van der Waals surface area contributed by atoms with Crippen molar-refractivity contribution in [3.63, 3.8) is 0 Å². The zero-order valence-corrected chi connectivity index (χ0v) is 15.2. The molecular weight excluding hydrogens is 354 g/mol. The highest BCUT2D eigenvalue weighted by Gasteiger charge is 2.21. The van der Waals surface area contributed by atoms with Crippen LogP contribution >= 0.6 is 12.4 Å². The van der Waals surface area contributed by atoms with Gasteiger partial charge in [0.05, 0.1) is 12.4 Å². The molecule has 1 aromatic carbocycles. The molecule has 0 spiro atoms. The molecule has 1 atom stereocenters. The summed E-state index contributed by atoms with van der Waals surface area (Å²) in [6.45, 7) is 3.69. The molecule has 1 unspecified atom stereocenters. The largest absolute Gasteiger partial charge is 0.366 e. The van der Waals surface area contributed by atoms with Crippen LogP contribution in [0.3, 0.4) is 0 Å². The van der Waals surface area contributed by atoms with Gasteiger partial charge in [0.2, 0.25) is 10.0 Å². The molecule has 1 heterocycles. The first kappa shape index (κ1) is 20.7. The molecule has 0 saturated carbocycles. The van der Waals surface area contributed by atoms with Crippen molar-refractivity contribution in [2.24, 2.45) is 0 Å². The number of morpholine rings is 1. The molecule has 0 radical (unpaired) electrons. The fraction of sp³-hybridized carbons (Fsp3) is 0.533. The van der Waals surface area contributed by atoms with Gasteiger partial charge in [-0.05, 0) is 30.7 Å². The van der Waals surface area contributed by atoms with E-state index in [1.165, 1.54) is 0 Å². The third-order valence-corrected chi connectivity index (χ3v) is 4.79. The fourth-order valence-corrected chi connectivity index (χ4v) is 3.41. The monoisotopic (exact) mass is 377 g/mol. The van der Waals surface area contributed by atoms with Crippen molar-refractivity contribution in [2.75, 3.05) is 35.5 Å². The van der Waals surface area contributed by atoms with Crippen LogP contribution in [0.25, 0.3) is 0 Å². The minimum absolute atomic E-state index is 0. The van der Waals surface area contributed by atoms with Crippen LogP contribution in [0.1, 0.15) is 19.8 Å². The maximum atomic E-state index is 12.0. The number of anilines is 2. The molecule has 0 aromatic heterocycles. The van der Waals surface area contributed by atoms with Gasteiger partial charge in [-0.25, -0.2) is 8.42 Å². The lowest BCUT2D eigenvalue weighted by Gasteiger charge is -2.22. The molecule has 1 aliphatic rings. The van der Waals surface area contributed by atoms with Gasteiger partial charge in [-0.3, -0.25) is 9.52 Å². The SMILES string of the molecule is CCCCS(=O)(=O)Nc1ccc(NC(=O)C2CNCCO2)cc1.Cl. The molecule has 0 bridgehead atoms. The second-order valence-corrected chi connectivity index (χ2v) is 7.25. The quantitative estimate of drug-likeness (QED) is 0.670. The van der Waals surface area contributed by atoms with Crippen molar-refractivity contribution in [2.45, 2.75) is 25.9 Å². The predicted molar refractivity (Wildman–Crippen MR) is 97.2 cm³/mol. The van der Waals surface area contributed by atoms with Crippen molar-refractivity contribution in [1.82, 2.24) is 5.32 Å². The highest BCUT2D eigenvalue weighted by Crippen LogP contribution is 2.16. The van der Waals surface area contributed by atoms with Gasteiger partial charge >= 0.3 is 0 Å². The van der Waals surface area contributed by atoms with E-state index in [1.807, 2.05) is 6.92 Å². The molecule has 3 N–H and O–H groups in total. The van der Waals surface area contributed by atoms with Crippen molar-refractivity contribution in [3.8, 4) is 0 Å². The Morgan fingerprint density at radius 1 is 1.29 bits per heavy atom. The molecule has 1 saturated heterocycles. The summed E-state index contributed by atoms with van der Waals surface area (Å²) in [4.78, 5) is 12.0. The summed E-state index contributed by atoms with van der Waals surface area (Å²) in [5, 5.41) is 5.85. The Bertz CT molecular complexity index is 616. The molecule has 2 rings (SSSR count). The first-order chi connectivity index (χ1) is 11.0. The van der Waals surface area contributed by atoms with Crippen LogP contribution in [0, 0.1) is 0 Å². The average Bonchev–Trinajstić information content (AvgIpc) is 2.55. The Morgan fingerprint density at radius 3 is 2.54 bits per heavy atom. The van der Waals surface area contributed by atoms with E-state index < -0.39 is 16.1 Å². The van der Waals surface area contributed by atoms with Crippen molar-refractivity contribution < 1.29 is 17.9 Å². The lowest BCUT2D eigenvalue weighted by Crippen LogP contribution is -2.45. The van der Waals surface area contributed by atoms with Crippen LogP contribution in [0.2, 0.25) is 0 Å². The second-order valence-electron chi connectivity index (χ2n) is 5.40. The highest BCUT2D eigenvalue weighted by atomic mass is 35.5. The Balaban J connectivity index is 0.00000288. The third kappa shape index (κ3) is 6.64. The van der Waals surface area contributed by atoms with Crippen LogP contribution < -0.4 is 15.4 Å². The predicted octanol–water partition coefficient (Wildman–Crippen LogP) is 1.58. The molecule has 1 amide bonds. The Kier molecular flexibility index (Phi) is 8.47. The number of hydrogen-bond donors (Lipinski definition) is 3. The lowest BCUT2D eigenvalue weighted by molar-refractivity contribution is -0.128. The van der Waals surface area contributed by atoms with Crippen LogP contribution in [-0.2, 0) is 19.6 Å². The number of nitrogens with one attached hydrogen (secondary N) is 3. The molecule has 1 fully saturated rings. The van der Waals surface area contributed by atoms with Crippen molar-refractivity contribution in [3.05, 3.63) is 24.3 Å². The van der Waals surface area contributed by atoms with E-state index in [4.69, 9.17) is 4.74 Å². The van der Waals surface area contributed by atoms with Crippen LogP contribution in [0.4, 0.5) is 11.4 Å². The van der Waals surface area contributed by atoms with Gasteiger partial charge < -0.3 is 15.4 Å². The topological polar surface area (TPSA) is 96.5 Å². The van der Waals surface area contributed by atoms with Crippen LogP contribution in [-0.4, -0.2) is 45.9 Å². The van der Waals surface area contributed by atoms with Gasteiger partial charge in [0.15, 0.2) is 0 Å². The minimum Gasteiger partial charge on any atom is -0.366 e. The minimum atomic E-state index is -3.32. The molecule has 24 heavy (non-hydrogen) atoms. The molecule has 0 aliphatic carbocycles. The summed E-state index contributed by atoms with van der Waals surface area (Å²) in [7, 11) is -3.32. The Hall–Kier alpha value is -1.35. The number of amides is 1. The van der Waals surface area contributed by atoms with Gasteiger partial charge in [0.1, 0.15) is 6.10 Å². The van der Waals surface area contributed by atoms with E-state index in [-0.39, 0.29) is 24.1 Å². The normalized spacial score (nSPS) is 17.6. The zero-order chi connectivity index (χ0) is 16.7. The second kappa shape index (κ2) is 9.83. The summed E-state index contributed by atoms with van der Waals surface area (Å²) in [6.07, 6.45) is 0.944. The summed E-state index contributed by atoms with van der Waals surface area (Å²) < 4.78 is 31.5. The van der Waals surface area contributed by atoms with E-state index in [0.717, 1.165) is 13.0 Å². The van der Waals surface area contributed by atoms with Crippen LogP contribution in [0.5, 0.6) is 0 Å². The number of halogens is 1. The molecule has 1 aromatic rings. The van der Waals surface area contributed by atoms with Gasteiger partial charge in [0.25, 0.3) is 5.91 Å². The third-order valence-electron chi connectivity index (χ3n) is 3.41. The Labute approximate surface area is 149 Å².